The first-order valence-electron chi connectivity index (χ1n) is 5.19. The zero-order chi connectivity index (χ0) is 14.2. The van der Waals surface area contributed by atoms with Crippen molar-refractivity contribution >= 4 is 19.4 Å². The van der Waals surface area contributed by atoms with Gasteiger partial charge in [0.1, 0.15) is 12.6 Å². The van der Waals surface area contributed by atoms with Crippen LogP contribution in [-0.4, -0.2) is 35.7 Å². The van der Waals surface area contributed by atoms with Crippen LogP contribution in [0, 0.1) is 0 Å². The molecule has 0 saturated heterocycles. The Morgan fingerprint density at radius 1 is 1.47 bits per heavy atom. The van der Waals surface area contributed by atoms with E-state index in [0.29, 0.717) is 11.5 Å². The van der Waals surface area contributed by atoms with Crippen molar-refractivity contribution in [1.82, 2.24) is 19.5 Å². The van der Waals surface area contributed by atoms with Gasteiger partial charge in [-0.25, -0.2) is 9.97 Å². The van der Waals surface area contributed by atoms with Crippen LogP contribution < -0.4 is 11.5 Å². The molecule has 0 bridgehead atoms. The van der Waals surface area contributed by atoms with Gasteiger partial charge in [-0.15, -0.1) is 0 Å². The number of nitrogen functional groups attached to an aromatic ring is 2. The highest BCUT2D eigenvalue weighted by atomic mass is 31.2. The van der Waals surface area contributed by atoms with Crippen molar-refractivity contribution in [3.05, 3.63) is 6.33 Å². The molecule has 6 N–H and O–H groups in total. The van der Waals surface area contributed by atoms with Crippen LogP contribution in [0.5, 0.6) is 0 Å². The zero-order valence-electron chi connectivity index (χ0n) is 9.96. The Morgan fingerprint density at radius 3 is 2.79 bits per heavy atom. The molecular formula is C8H13N6O4P. The number of ether oxygens (including phenoxy) is 1. The van der Waals surface area contributed by atoms with Gasteiger partial charge in [-0.2, -0.15) is 4.98 Å². The molecule has 0 fully saturated rings. The number of fused-ring (bicyclic) bond motifs is 1. The van der Waals surface area contributed by atoms with Gasteiger partial charge in [0, 0.05) is 0 Å². The molecule has 104 valence electrons. The standard InChI is InChI=1S/C8H13N6O4P/c1-4(18-3-19(15,16)17)14-7-5(11-2-12-7)6(9)13-8(14)10/h2,4H,3,9H2,1H3,(H2,10,13)(H2,15,16,17). The molecule has 1 atom stereocenters. The maximum absolute atomic E-state index is 10.8. The largest absolute Gasteiger partial charge is 0.382 e. The Labute approximate surface area is 107 Å². The zero-order valence-corrected chi connectivity index (χ0v) is 10.9. The number of rotatable bonds is 4. The van der Waals surface area contributed by atoms with E-state index in [1.165, 1.54) is 10.9 Å². The normalized spacial score (nSPS) is 13.8. The Balaban J connectivity index is 2.35. The number of anilines is 2. The molecule has 0 radical (unpaired) electrons. The third kappa shape index (κ3) is 2.82. The summed E-state index contributed by atoms with van der Waals surface area (Å²) in [6, 6.07) is 0. The molecule has 11 heteroatoms. The average molecular weight is 288 g/mol. The summed E-state index contributed by atoms with van der Waals surface area (Å²) in [5, 5.41) is 0. The maximum atomic E-state index is 10.8. The highest BCUT2D eigenvalue weighted by Gasteiger charge is 2.23. The first-order chi connectivity index (χ1) is 8.79. The topological polar surface area (TPSA) is 162 Å². The molecule has 0 aromatic heterocycles. The Hall–Kier alpha value is -1.74. The van der Waals surface area contributed by atoms with Crippen molar-refractivity contribution in [1.29, 1.82) is 0 Å². The Morgan fingerprint density at radius 2 is 2.16 bits per heavy atom. The summed E-state index contributed by atoms with van der Waals surface area (Å²) in [7, 11) is -4.27. The van der Waals surface area contributed by atoms with Gasteiger partial charge in [0.25, 0.3) is 0 Å². The molecule has 19 heavy (non-hydrogen) atoms. The van der Waals surface area contributed by atoms with Crippen molar-refractivity contribution in [3.63, 3.8) is 0 Å². The van der Waals surface area contributed by atoms with Crippen molar-refractivity contribution in [3.8, 4) is 11.5 Å². The lowest BCUT2D eigenvalue weighted by molar-refractivity contribution is 0.0381. The number of hydrogen-bond donors (Lipinski definition) is 4. The van der Waals surface area contributed by atoms with Gasteiger partial charge in [0.15, 0.2) is 23.7 Å². The summed E-state index contributed by atoms with van der Waals surface area (Å²) in [5.41, 5.74) is 11.7. The lowest BCUT2D eigenvalue weighted by Gasteiger charge is -2.21. The van der Waals surface area contributed by atoms with Crippen LogP contribution >= 0.6 is 7.60 Å². The smallest absolute Gasteiger partial charge is 0.351 e. The second-order valence-corrected chi connectivity index (χ2v) is 5.42. The summed E-state index contributed by atoms with van der Waals surface area (Å²) in [4.78, 5) is 29.4. The SMILES string of the molecule is CC(OCP(=O)(O)O)n1c(N)nc(N)c2ncnc1-2. The summed E-state index contributed by atoms with van der Waals surface area (Å²) >= 11 is 0. The van der Waals surface area contributed by atoms with Crippen LogP contribution in [0.4, 0.5) is 11.8 Å². The number of aromatic nitrogens is 4. The van der Waals surface area contributed by atoms with Crippen molar-refractivity contribution < 1.29 is 19.1 Å². The molecule has 2 heterocycles. The first-order valence-corrected chi connectivity index (χ1v) is 6.99. The van der Waals surface area contributed by atoms with Gasteiger partial charge in [0.2, 0.25) is 5.95 Å². The summed E-state index contributed by atoms with van der Waals surface area (Å²) in [6.45, 7) is 1.55. The number of imidazole rings is 1. The molecule has 1 unspecified atom stereocenters. The number of hydrogen-bond acceptors (Lipinski definition) is 7. The number of nitrogens with zero attached hydrogens (tertiary/aromatic N) is 4. The fraction of sp³-hybridized carbons (Fsp3) is 0.375. The van der Waals surface area contributed by atoms with E-state index in [4.69, 9.17) is 26.0 Å². The predicted octanol–water partition coefficient (Wildman–Crippen LogP) is -0.387. The fourth-order valence-corrected chi connectivity index (χ4v) is 2.00. The quantitative estimate of drug-likeness (QED) is 0.548. The summed E-state index contributed by atoms with van der Waals surface area (Å²) < 4.78 is 17.2. The van der Waals surface area contributed by atoms with Crippen LogP contribution in [0.25, 0.3) is 11.5 Å². The third-order valence-electron chi connectivity index (χ3n) is 2.38. The van der Waals surface area contributed by atoms with Crippen LogP contribution in [0.15, 0.2) is 6.33 Å². The minimum atomic E-state index is -4.27. The monoisotopic (exact) mass is 288 g/mol. The highest BCUT2D eigenvalue weighted by molar-refractivity contribution is 7.51. The van der Waals surface area contributed by atoms with Crippen LogP contribution in [0.2, 0.25) is 0 Å². The van der Waals surface area contributed by atoms with Crippen molar-refractivity contribution in [2.45, 2.75) is 13.2 Å². The third-order valence-corrected chi connectivity index (χ3v) is 2.86. The van der Waals surface area contributed by atoms with Crippen LogP contribution in [-0.2, 0) is 9.30 Å². The van der Waals surface area contributed by atoms with E-state index >= 15 is 0 Å². The molecule has 0 aliphatic carbocycles. The van der Waals surface area contributed by atoms with E-state index in [0.717, 1.165) is 0 Å². The van der Waals surface area contributed by atoms with Gasteiger partial charge in [-0.1, -0.05) is 0 Å². The first kappa shape index (κ1) is 13.7. The molecule has 0 spiro atoms. The van der Waals surface area contributed by atoms with E-state index in [9.17, 15) is 4.57 Å². The Bertz CT molecular complexity index is 610. The summed E-state index contributed by atoms with van der Waals surface area (Å²) in [5.74, 6) is 0.482. The van der Waals surface area contributed by atoms with Gasteiger partial charge in [-0.3, -0.25) is 9.13 Å². The van der Waals surface area contributed by atoms with E-state index in [-0.39, 0.29) is 11.8 Å². The van der Waals surface area contributed by atoms with Gasteiger partial charge in [0.05, 0.1) is 0 Å². The second kappa shape index (κ2) is 4.74. The van der Waals surface area contributed by atoms with Gasteiger partial charge < -0.3 is 26.0 Å². The Kier molecular flexibility index (Phi) is 3.42. The molecule has 2 aliphatic rings. The molecule has 2 rings (SSSR count). The molecule has 10 nitrogen and oxygen atoms in total. The van der Waals surface area contributed by atoms with E-state index in [1.807, 2.05) is 0 Å². The lowest BCUT2D eigenvalue weighted by atomic mass is 10.3. The van der Waals surface area contributed by atoms with Crippen molar-refractivity contribution in [2.24, 2.45) is 0 Å². The molecule has 2 aliphatic heterocycles. The number of nitrogens with two attached hydrogens (primary N) is 2. The minimum Gasteiger partial charge on any atom is -0.382 e. The van der Waals surface area contributed by atoms with Crippen LogP contribution in [0.3, 0.4) is 0 Å². The lowest BCUT2D eigenvalue weighted by Crippen LogP contribution is -2.20. The highest BCUT2D eigenvalue weighted by Crippen LogP contribution is 2.36. The molecule has 0 aromatic rings. The molecule has 0 saturated carbocycles. The second-order valence-electron chi connectivity index (χ2n) is 3.83. The van der Waals surface area contributed by atoms with Gasteiger partial charge in [-0.05, 0) is 6.92 Å². The van der Waals surface area contributed by atoms with E-state index in [1.54, 1.807) is 6.92 Å². The fourth-order valence-electron chi connectivity index (χ4n) is 1.59. The van der Waals surface area contributed by atoms with Crippen molar-refractivity contribution in [2.75, 3.05) is 17.8 Å². The van der Waals surface area contributed by atoms with E-state index in [2.05, 4.69) is 15.0 Å². The molecule has 0 amide bonds. The molecular weight excluding hydrogens is 275 g/mol. The predicted molar refractivity (Wildman–Crippen MR) is 66.0 cm³/mol. The van der Waals surface area contributed by atoms with Gasteiger partial charge >= 0.3 is 7.60 Å². The summed E-state index contributed by atoms with van der Waals surface area (Å²) in [6.07, 6.45) is -0.227. The average Bonchev–Trinajstić information content (AvgIpc) is 2.74. The maximum Gasteiger partial charge on any atom is 0.351 e. The molecule has 0 aromatic carbocycles. The van der Waals surface area contributed by atoms with Crippen LogP contribution in [0.1, 0.15) is 13.2 Å². The van der Waals surface area contributed by atoms with E-state index < -0.39 is 20.2 Å². The minimum absolute atomic E-state index is 0.0173.